The fraction of sp³-hybridized carbons (Fsp3) is 0.603. The average Bonchev–Trinajstić information content (AvgIpc) is 3.35. The van der Waals surface area contributed by atoms with E-state index in [1.807, 2.05) is 12.2 Å². The van der Waals surface area contributed by atoms with E-state index in [1.54, 1.807) is 0 Å². The number of hydrogen-bond donors (Lipinski definition) is 0. The van der Waals surface area contributed by atoms with Crippen molar-refractivity contribution in [3.63, 3.8) is 0 Å². The molecule has 0 aliphatic carbocycles. The van der Waals surface area contributed by atoms with E-state index in [9.17, 15) is 14.4 Å². The van der Waals surface area contributed by atoms with Gasteiger partial charge < -0.3 is 14.2 Å². The molecule has 0 saturated carbocycles. The van der Waals surface area contributed by atoms with Gasteiger partial charge in [-0.2, -0.15) is 0 Å². The SMILES string of the molecule is CC/C=C\C/C=C\C/C=C\C/C=C\C/C=C\CCCCCCCCCCCC(=O)OCC(COC(=O)CCCCCCC/C=C\C/C=C\CCC)OC(=O)CC/C=C\C/C=C\C/C=C\C/C=C\CC. The summed E-state index contributed by atoms with van der Waals surface area (Å²) in [6, 6.07) is 0. The van der Waals surface area contributed by atoms with Crippen LogP contribution in [0.25, 0.3) is 0 Å². The molecule has 0 rings (SSSR count). The van der Waals surface area contributed by atoms with Crippen LogP contribution < -0.4 is 0 Å². The highest BCUT2D eigenvalue weighted by molar-refractivity contribution is 5.71. The quantitative estimate of drug-likeness (QED) is 0.0262. The molecule has 69 heavy (non-hydrogen) atoms. The van der Waals surface area contributed by atoms with Crippen LogP contribution in [-0.4, -0.2) is 37.2 Å². The summed E-state index contributed by atoms with van der Waals surface area (Å²) in [6.07, 6.45) is 78.9. The Morgan fingerprint density at radius 3 is 0.942 bits per heavy atom. The summed E-state index contributed by atoms with van der Waals surface area (Å²) in [5.41, 5.74) is 0. The van der Waals surface area contributed by atoms with E-state index >= 15 is 0 Å². The van der Waals surface area contributed by atoms with E-state index in [2.05, 4.69) is 142 Å². The van der Waals surface area contributed by atoms with Gasteiger partial charge in [0.15, 0.2) is 6.10 Å². The van der Waals surface area contributed by atoms with E-state index in [-0.39, 0.29) is 31.6 Å². The molecule has 1 unspecified atom stereocenters. The molecule has 0 amide bonds. The Bertz CT molecular complexity index is 1510. The molecule has 0 aliphatic rings. The van der Waals surface area contributed by atoms with Gasteiger partial charge in [-0.25, -0.2) is 0 Å². The van der Waals surface area contributed by atoms with Gasteiger partial charge in [0.1, 0.15) is 13.2 Å². The maximum atomic E-state index is 12.8. The minimum absolute atomic E-state index is 0.119. The molecule has 0 N–H and O–H groups in total. The van der Waals surface area contributed by atoms with E-state index < -0.39 is 12.1 Å². The van der Waals surface area contributed by atoms with Crippen LogP contribution in [0.3, 0.4) is 0 Å². The van der Waals surface area contributed by atoms with Gasteiger partial charge in [-0.1, -0.05) is 225 Å². The van der Waals surface area contributed by atoms with Crippen LogP contribution in [0.2, 0.25) is 0 Å². The first kappa shape index (κ1) is 64.5. The largest absolute Gasteiger partial charge is 0.462 e. The van der Waals surface area contributed by atoms with Crippen LogP contribution in [0.4, 0.5) is 0 Å². The zero-order valence-corrected chi connectivity index (χ0v) is 44.3. The third-order valence-electron chi connectivity index (χ3n) is 11.1. The van der Waals surface area contributed by atoms with Gasteiger partial charge in [0.25, 0.3) is 0 Å². The van der Waals surface area contributed by atoms with Crippen LogP contribution in [0.5, 0.6) is 0 Å². The fourth-order valence-electron chi connectivity index (χ4n) is 7.05. The number of rotatable bonds is 48. The second-order valence-electron chi connectivity index (χ2n) is 17.7. The van der Waals surface area contributed by atoms with Gasteiger partial charge >= 0.3 is 17.9 Å². The van der Waals surface area contributed by atoms with Crippen molar-refractivity contribution in [1.82, 2.24) is 0 Å². The summed E-state index contributed by atoms with van der Waals surface area (Å²) >= 11 is 0. The Hall–Kier alpha value is -4.45. The van der Waals surface area contributed by atoms with E-state index in [0.717, 1.165) is 135 Å². The highest BCUT2D eigenvalue weighted by atomic mass is 16.6. The topological polar surface area (TPSA) is 78.9 Å². The van der Waals surface area contributed by atoms with Gasteiger partial charge in [0.2, 0.25) is 0 Å². The number of hydrogen-bond acceptors (Lipinski definition) is 6. The second kappa shape index (κ2) is 56.1. The number of esters is 3. The zero-order chi connectivity index (χ0) is 50.0. The third-order valence-corrected chi connectivity index (χ3v) is 11.1. The van der Waals surface area contributed by atoms with Crippen LogP contribution in [0.15, 0.2) is 134 Å². The molecule has 1 atom stereocenters. The van der Waals surface area contributed by atoms with Gasteiger partial charge in [-0.15, -0.1) is 0 Å². The Kier molecular flexibility index (Phi) is 52.5. The maximum absolute atomic E-state index is 12.8. The second-order valence-corrected chi connectivity index (χ2v) is 17.7. The highest BCUT2D eigenvalue weighted by Crippen LogP contribution is 2.13. The summed E-state index contributed by atoms with van der Waals surface area (Å²) in [5, 5.41) is 0. The minimum atomic E-state index is -0.829. The number of unbranched alkanes of at least 4 members (excludes halogenated alkanes) is 15. The third kappa shape index (κ3) is 54.4. The molecule has 0 spiro atoms. The fourth-order valence-corrected chi connectivity index (χ4v) is 7.05. The predicted molar refractivity (Wildman–Crippen MR) is 297 cm³/mol. The normalized spacial score (nSPS) is 13.1. The first-order valence-corrected chi connectivity index (χ1v) is 27.7. The molecule has 0 saturated heterocycles. The highest BCUT2D eigenvalue weighted by Gasteiger charge is 2.19. The van der Waals surface area contributed by atoms with Crippen LogP contribution in [-0.2, 0) is 28.6 Å². The molecule has 388 valence electrons. The lowest BCUT2D eigenvalue weighted by Gasteiger charge is -2.18. The van der Waals surface area contributed by atoms with Crippen LogP contribution in [0, 0.1) is 0 Å². The van der Waals surface area contributed by atoms with Gasteiger partial charge in [0.05, 0.1) is 0 Å². The van der Waals surface area contributed by atoms with E-state index in [0.29, 0.717) is 19.3 Å². The molecule has 0 bridgehead atoms. The van der Waals surface area contributed by atoms with E-state index in [4.69, 9.17) is 14.2 Å². The Labute approximate surface area is 424 Å². The number of ether oxygens (including phenoxy) is 3. The monoisotopic (exact) mass is 953 g/mol. The standard InChI is InChI=1S/C63H100O6/c1-4-7-10-13-16-19-22-25-26-27-28-29-30-31-32-33-34-35-36-39-41-44-47-50-53-56-62(65)68-59-60(69-63(66)57-54-51-48-45-42-38-24-21-18-15-12-9-6-3)58-67-61(64)55-52-49-46-43-40-37-23-20-17-14-11-8-5-2/h7,9-12,14,16,18-21,23,25-26,28-29,31-32,38,42,48,51,60H,4-6,8,13,15,17,22,24,27,30,33-37,39-41,43-47,49-50,52-59H2,1-3H3/b10-7-,12-9-,14-11-,19-16-,21-18-,23-20-,26-25-,29-28-,32-31-,42-38-,51-48-. The number of allylic oxidation sites excluding steroid dienone is 22. The molecule has 6 nitrogen and oxygen atoms in total. The van der Waals surface area contributed by atoms with Crippen molar-refractivity contribution < 1.29 is 28.6 Å². The summed E-state index contributed by atoms with van der Waals surface area (Å²) in [5.74, 6) is -1.03. The minimum Gasteiger partial charge on any atom is -0.462 e. The molecule has 0 aromatic rings. The predicted octanol–water partition coefficient (Wildman–Crippen LogP) is 18.6. The van der Waals surface area contributed by atoms with Gasteiger partial charge in [-0.05, 0) is 116 Å². The first-order chi connectivity index (χ1) is 34.0. The van der Waals surface area contributed by atoms with Crippen LogP contribution in [0.1, 0.15) is 226 Å². The lowest BCUT2D eigenvalue weighted by atomic mass is 10.1. The Morgan fingerprint density at radius 1 is 0.304 bits per heavy atom. The average molecular weight is 953 g/mol. The van der Waals surface area contributed by atoms with Gasteiger partial charge in [-0.3, -0.25) is 14.4 Å². The van der Waals surface area contributed by atoms with Crippen LogP contribution >= 0.6 is 0 Å². The van der Waals surface area contributed by atoms with Crippen molar-refractivity contribution >= 4 is 17.9 Å². The van der Waals surface area contributed by atoms with Crippen molar-refractivity contribution in [2.45, 2.75) is 232 Å². The molecule has 0 fully saturated rings. The lowest BCUT2D eigenvalue weighted by Crippen LogP contribution is -2.30. The summed E-state index contributed by atoms with van der Waals surface area (Å²) in [4.78, 5) is 38.0. The Morgan fingerprint density at radius 2 is 0.594 bits per heavy atom. The lowest BCUT2D eigenvalue weighted by molar-refractivity contribution is -0.166. The molecule has 0 aromatic carbocycles. The van der Waals surface area contributed by atoms with E-state index in [1.165, 1.54) is 44.9 Å². The summed E-state index contributed by atoms with van der Waals surface area (Å²) in [6.45, 7) is 6.25. The molecule has 0 radical (unpaired) electrons. The van der Waals surface area contributed by atoms with Gasteiger partial charge in [0, 0.05) is 19.3 Å². The van der Waals surface area contributed by atoms with Crippen molar-refractivity contribution in [3.05, 3.63) is 134 Å². The van der Waals surface area contributed by atoms with Crippen molar-refractivity contribution in [2.24, 2.45) is 0 Å². The zero-order valence-electron chi connectivity index (χ0n) is 44.3. The van der Waals surface area contributed by atoms with Crippen molar-refractivity contribution in [3.8, 4) is 0 Å². The number of carbonyl (C=O) groups excluding carboxylic acids is 3. The molecule has 0 aromatic heterocycles. The van der Waals surface area contributed by atoms with Crippen molar-refractivity contribution in [2.75, 3.05) is 13.2 Å². The molecule has 0 heterocycles. The smallest absolute Gasteiger partial charge is 0.306 e. The molecular formula is C63H100O6. The molecular weight excluding hydrogens is 853 g/mol. The Balaban J connectivity index is 4.39. The molecule has 6 heteroatoms. The van der Waals surface area contributed by atoms with Crippen molar-refractivity contribution in [1.29, 1.82) is 0 Å². The summed E-state index contributed by atoms with van der Waals surface area (Å²) < 4.78 is 16.7. The first-order valence-electron chi connectivity index (χ1n) is 27.7. The molecule has 0 aliphatic heterocycles. The maximum Gasteiger partial charge on any atom is 0.306 e. The summed E-state index contributed by atoms with van der Waals surface area (Å²) in [7, 11) is 0. The number of carbonyl (C=O) groups is 3.